The Morgan fingerprint density at radius 2 is 2.33 bits per heavy atom. The molecule has 100 valence electrons. The van der Waals surface area contributed by atoms with E-state index in [1.165, 1.54) is 0 Å². The maximum absolute atomic E-state index is 12.3. The predicted molar refractivity (Wildman–Crippen MR) is 75.6 cm³/mol. The van der Waals surface area contributed by atoms with Crippen molar-refractivity contribution in [2.45, 2.75) is 19.8 Å². The van der Waals surface area contributed by atoms with Crippen molar-refractivity contribution in [1.82, 2.24) is 9.88 Å². The number of hydrogen-bond acceptors (Lipinski definition) is 2. The van der Waals surface area contributed by atoms with Gasteiger partial charge in [0.2, 0.25) is 0 Å². The summed E-state index contributed by atoms with van der Waals surface area (Å²) in [5, 5.41) is 0. The molecule has 0 aliphatic carbocycles. The van der Waals surface area contributed by atoms with E-state index in [1.54, 1.807) is 6.20 Å². The van der Waals surface area contributed by atoms with Gasteiger partial charge >= 0.3 is 0 Å². The molecule has 0 saturated carbocycles. The predicted octanol–water partition coefficient (Wildman–Crippen LogP) is 2.77. The summed E-state index contributed by atoms with van der Waals surface area (Å²) in [4.78, 5) is 18.5. The van der Waals surface area contributed by atoms with E-state index in [4.69, 9.17) is 11.6 Å². The molecule has 1 amide bonds. The summed E-state index contributed by atoms with van der Waals surface area (Å²) in [7, 11) is 0. The topological polar surface area (TPSA) is 33.2 Å². The Hall–Kier alpha value is -0.800. The molecule has 3 nitrogen and oxygen atoms in total. The molecule has 1 aliphatic rings. The first-order chi connectivity index (χ1) is 8.26. The summed E-state index contributed by atoms with van der Waals surface area (Å²) in [6.07, 6.45) is 3.54. The molecular weight excluding hydrogens is 271 g/mol. The molecule has 1 atom stereocenters. The van der Waals surface area contributed by atoms with E-state index in [1.807, 2.05) is 24.0 Å². The fourth-order valence-corrected chi connectivity index (χ4v) is 2.63. The first-order valence-corrected chi connectivity index (χ1v) is 6.58. The van der Waals surface area contributed by atoms with E-state index < -0.39 is 0 Å². The Bertz CT molecular complexity index is 412. The second-order valence-electron chi connectivity index (χ2n) is 4.39. The summed E-state index contributed by atoms with van der Waals surface area (Å²) >= 11 is 5.82. The molecule has 0 radical (unpaired) electrons. The Balaban J connectivity index is 0.00000162. The van der Waals surface area contributed by atoms with E-state index in [9.17, 15) is 4.79 Å². The van der Waals surface area contributed by atoms with E-state index in [2.05, 4.69) is 4.98 Å². The fourth-order valence-electron chi connectivity index (χ4n) is 2.32. The molecule has 2 rings (SSSR count). The first kappa shape index (κ1) is 15.3. The second kappa shape index (κ2) is 6.95. The van der Waals surface area contributed by atoms with E-state index >= 15 is 0 Å². The Morgan fingerprint density at radius 3 is 3.00 bits per heavy atom. The molecule has 0 saturated heterocycles. The van der Waals surface area contributed by atoms with Crippen molar-refractivity contribution in [2.24, 2.45) is 5.92 Å². The number of amides is 1. The quantitative estimate of drug-likeness (QED) is 0.802. The van der Waals surface area contributed by atoms with Gasteiger partial charge in [0.15, 0.2) is 0 Å². The van der Waals surface area contributed by atoms with Crippen LogP contribution in [0.5, 0.6) is 0 Å². The lowest BCUT2D eigenvalue weighted by atomic mass is 9.99. The van der Waals surface area contributed by atoms with Crippen molar-refractivity contribution >= 4 is 29.9 Å². The number of fused-ring (bicyclic) bond motifs is 1. The molecule has 0 aromatic carbocycles. The number of aromatic nitrogens is 1. The average molecular weight is 289 g/mol. The number of carbonyl (C=O) groups is 1. The van der Waals surface area contributed by atoms with Crippen LogP contribution in [0, 0.1) is 5.92 Å². The highest BCUT2D eigenvalue weighted by molar-refractivity contribution is 6.17. The zero-order chi connectivity index (χ0) is 12.3. The molecule has 1 aliphatic heterocycles. The number of alkyl halides is 1. The van der Waals surface area contributed by atoms with E-state index in [0.29, 0.717) is 11.8 Å². The fraction of sp³-hybridized carbons (Fsp3) is 0.538. The number of pyridine rings is 1. The lowest BCUT2D eigenvalue weighted by Crippen LogP contribution is -2.33. The number of halogens is 2. The molecule has 2 heterocycles. The third-order valence-corrected chi connectivity index (χ3v) is 3.49. The van der Waals surface area contributed by atoms with Crippen LogP contribution < -0.4 is 0 Å². The molecule has 18 heavy (non-hydrogen) atoms. The second-order valence-corrected chi connectivity index (χ2v) is 4.77. The molecule has 0 bridgehead atoms. The van der Waals surface area contributed by atoms with Crippen LogP contribution in [0.25, 0.3) is 0 Å². The highest BCUT2D eigenvalue weighted by atomic mass is 35.5. The number of rotatable bonds is 3. The number of hydrogen-bond donors (Lipinski definition) is 0. The lowest BCUT2D eigenvalue weighted by Gasteiger charge is -2.22. The van der Waals surface area contributed by atoms with Crippen molar-refractivity contribution in [3.8, 4) is 0 Å². The molecule has 1 aromatic rings. The minimum atomic E-state index is 0. The van der Waals surface area contributed by atoms with E-state index in [-0.39, 0.29) is 18.3 Å². The zero-order valence-electron chi connectivity index (χ0n) is 10.4. The van der Waals surface area contributed by atoms with Gasteiger partial charge in [-0.3, -0.25) is 9.78 Å². The van der Waals surface area contributed by atoms with Crippen LogP contribution in [0.1, 0.15) is 29.4 Å². The Labute approximate surface area is 119 Å². The summed E-state index contributed by atoms with van der Waals surface area (Å²) in [6, 6.07) is 3.70. The molecule has 0 spiro atoms. The molecular formula is C13H18Cl2N2O. The van der Waals surface area contributed by atoms with Crippen molar-refractivity contribution in [3.05, 3.63) is 29.6 Å². The summed E-state index contributed by atoms with van der Waals surface area (Å²) < 4.78 is 0. The molecule has 1 aromatic heterocycles. The van der Waals surface area contributed by atoms with Crippen LogP contribution in [-0.2, 0) is 6.42 Å². The molecule has 5 heteroatoms. The van der Waals surface area contributed by atoms with Gasteiger partial charge in [0, 0.05) is 25.2 Å². The number of nitrogens with zero attached hydrogens (tertiary/aromatic N) is 2. The van der Waals surface area contributed by atoms with Crippen LogP contribution in [0.3, 0.4) is 0 Å². The van der Waals surface area contributed by atoms with Crippen molar-refractivity contribution in [3.63, 3.8) is 0 Å². The summed E-state index contributed by atoms with van der Waals surface area (Å²) in [6.45, 7) is 3.54. The Morgan fingerprint density at radius 1 is 1.56 bits per heavy atom. The van der Waals surface area contributed by atoms with Gasteiger partial charge in [-0.05, 0) is 37.8 Å². The normalized spacial score (nSPS) is 18.9. The Kier molecular flexibility index (Phi) is 5.89. The van der Waals surface area contributed by atoms with E-state index in [0.717, 1.165) is 37.2 Å². The SMILES string of the molecule is CCN1CC(CCCl)Cc2ncccc2C1=O.Cl. The van der Waals surface area contributed by atoms with Crippen LogP contribution in [-0.4, -0.2) is 34.8 Å². The summed E-state index contributed by atoms with van der Waals surface area (Å²) in [5.74, 6) is 1.17. The summed E-state index contributed by atoms with van der Waals surface area (Å²) in [5.41, 5.74) is 1.68. The molecule has 0 fully saturated rings. The van der Waals surface area contributed by atoms with Gasteiger partial charge in [-0.15, -0.1) is 24.0 Å². The van der Waals surface area contributed by atoms with Crippen molar-refractivity contribution < 1.29 is 4.79 Å². The lowest BCUT2D eigenvalue weighted by molar-refractivity contribution is 0.0748. The highest BCUT2D eigenvalue weighted by Gasteiger charge is 2.26. The first-order valence-electron chi connectivity index (χ1n) is 6.05. The third kappa shape index (κ3) is 3.15. The van der Waals surface area contributed by atoms with Crippen molar-refractivity contribution in [2.75, 3.05) is 19.0 Å². The molecule has 1 unspecified atom stereocenters. The van der Waals surface area contributed by atoms with Crippen molar-refractivity contribution in [1.29, 1.82) is 0 Å². The smallest absolute Gasteiger partial charge is 0.255 e. The maximum atomic E-state index is 12.3. The van der Waals surface area contributed by atoms with Gasteiger partial charge < -0.3 is 4.90 Å². The number of carbonyl (C=O) groups excluding carboxylic acids is 1. The standard InChI is InChI=1S/C13H17ClN2O.ClH/c1-2-16-9-10(5-6-14)8-12-11(13(16)17)4-3-7-15-12;/h3-4,7,10H,2,5-6,8-9H2,1H3;1H. The van der Waals surface area contributed by atoms with Gasteiger partial charge in [-0.1, -0.05) is 0 Å². The van der Waals surface area contributed by atoms with Gasteiger partial charge in [0.05, 0.1) is 11.3 Å². The van der Waals surface area contributed by atoms with Gasteiger partial charge in [-0.25, -0.2) is 0 Å². The minimum Gasteiger partial charge on any atom is -0.339 e. The highest BCUT2D eigenvalue weighted by Crippen LogP contribution is 2.22. The largest absolute Gasteiger partial charge is 0.339 e. The zero-order valence-corrected chi connectivity index (χ0v) is 12.0. The van der Waals surface area contributed by atoms with Crippen LogP contribution in [0.2, 0.25) is 0 Å². The van der Waals surface area contributed by atoms with Gasteiger partial charge in [0.25, 0.3) is 5.91 Å². The van der Waals surface area contributed by atoms with Gasteiger partial charge in [-0.2, -0.15) is 0 Å². The average Bonchev–Trinajstić information content (AvgIpc) is 2.48. The minimum absolute atomic E-state index is 0. The van der Waals surface area contributed by atoms with Crippen LogP contribution in [0.15, 0.2) is 18.3 Å². The van der Waals surface area contributed by atoms with Crippen LogP contribution in [0.4, 0.5) is 0 Å². The van der Waals surface area contributed by atoms with Crippen LogP contribution >= 0.6 is 24.0 Å². The molecule has 0 N–H and O–H groups in total. The third-order valence-electron chi connectivity index (χ3n) is 3.27. The monoisotopic (exact) mass is 288 g/mol. The van der Waals surface area contributed by atoms with Gasteiger partial charge in [0.1, 0.15) is 0 Å². The maximum Gasteiger partial charge on any atom is 0.255 e.